The third kappa shape index (κ3) is 2.71. The number of anilines is 1. The molecule has 0 unspecified atom stereocenters. The third-order valence-corrected chi connectivity index (χ3v) is 3.17. The van der Waals surface area contributed by atoms with Crippen LogP contribution in [0.2, 0.25) is 5.02 Å². The van der Waals surface area contributed by atoms with Gasteiger partial charge in [0.1, 0.15) is 0 Å². The van der Waals surface area contributed by atoms with E-state index in [0.717, 1.165) is 16.8 Å². The Kier molecular flexibility index (Phi) is 3.68. The van der Waals surface area contributed by atoms with E-state index in [1.165, 1.54) is 0 Å². The second-order valence-electron chi connectivity index (χ2n) is 4.21. The van der Waals surface area contributed by atoms with E-state index < -0.39 is 0 Å². The zero-order chi connectivity index (χ0) is 13.1. The van der Waals surface area contributed by atoms with Crippen LogP contribution in [0, 0.1) is 13.8 Å². The Morgan fingerprint density at radius 2 is 1.83 bits per heavy atom. The van der Waals surface area contributed by atoms with Gasteiger partial charge in [0.15, 0.2) is 0 Å². The van der Waals surface area contributed by atoms with Crippen LogP contribution in [0.5, 0.6) is 0 Å². The maximum Gasteiger partial charge on any atom is 0.255 e. The predicted octanol–water partition coefficient (Wildman–Crippen LogP) is 4.21. The Morgan fingerprint density at radius 3 is 2.56 bits per heavy atom. The van der Waals surface area contributed by atoms with Crippen LogP contribution in [0.3, 0.4) is 0 Å². The number of amides is 1. The Bertz CT molecular complexity index is 593. The van der Waals surface area contributed by atoms with E-state index in [4.69, 9.17) is 11.6 Å². The molecule has 0 saturated carbocycles. The lowest BCUT2D eigenvalue weighted by molar-refractivity contribution is 0.102. The van der Waals surface area contributed by atoms with Crippen molar-refractivity contribution in [1.29, 1.82) is 0 Å². The molecule has 1 amide bonds. The van der Waals surface area contributed by atoms with E-state index in [1.807, 2.05) is 32.0 Å². The van der Waals surface area contributed by atoms with Gasteiger partial charge in [-0.2, -0.15) is 0 Å². The van der Waals surface area contributed by atoms with Crippen molar-refractivity contribution in [3.63, 3.8) is 0 Å². The summed E-state index contributed by atoms with van der Waals surface area (Å²) in [4.78, 5) is 12.1. The number of hydrogen-bond donors (Lipinski definition) is 1. The van der Waals surface area contributed by atoms with E-state index in [9.17, 15) is 4.79 Å². The smallest absolute Gasteiger partial charge is 0.255 e. The number of aryl methyl sites for hydroxylation is 1. The number of carbonyl (C=O) groups is 1. The average Bonchev–Trinajstić information content (AvgIpc) is 2.35. The fourth-order valence-electron chi connectivity index (χ4n) is 1.71. The highest BCUT2D eigenvalue weighted by Gasteiger charge is 2.08. The normalized spacial score (nSPS) is 10.2. The van der Waals surface area contributed by atoms with Crippen molar-refractivity contribution in [3.8, 4) is 0 Å². The van der Waals surface area contributed by atoms with Gasteiger partial charge in [0, 0.05) is 16.3 Å². The van der Waals surface area contributed by atoms with Crippen molar-refractivity contribution in [2.75, 3.05) is 5.32 Å². The zero-order valence-corrected chi connectivity index (χ0v) is 11.1. The van der Waals surface area contributed by atoms with Crippen LogP contribution >= 0.6 is 11.6 Å². The number of rotatable bonds is 2. The first kappa shape index (κ1) is 12.7. The number of benzene rings is 2. The Hall–Kier alpha value is -1.80. The lowest BCUT2D eigenvalue weighted by Gasteiger charge is -2.10. The molecule has 0 atom stereocenters. The van der Waals surface area contributed by atoms with Gasteiger partial charge in [0.2, 0.25) is 0 Å². The molecule has 92 valence electrons. The van der Waals surface area contributed by atoms with Crippen LogP contribution in [0.15, 0.2) is 42.5 Å². The van der Waals surface area contributed by atoms with E-state index in [1.54, 1.807) is 24.3 Å². The quantitative estimate of drug-likeness (QED) is 0.860. The van der Waals surface area contributed by atoms with Gasteiger partial charge < -0.3 is 5.32 Å². The zero-order valence-electron chi connectivity index (χ0n) is 10.3. The van der Waals surface area contributed by atoms with Crippen molar-refractivity contribution in [3.05, 3.63) is 64.2 Å². The molecule has 0 saturated heterocycles. The summed E-state index contributed by atoms with van der Waals surface area (Å²) < 4.78 is 0. The third-order valence-electron chi connectivity index (χ3n) is 2.94. The molecular weight excluding hydrogens is 246 g/mol. The molecule has 0 spiro atoms. The van der Waals surface area contributed by atoms with E-state index >= 15 is 0 Å². The Labute approximate surface area is 112 Å². The number of halogens is 1. The van der Waals surface area contributed by atoms with Crippen LogP contribution in [0.4, 0.5) is 5.69 Å². The molecular formula is C15H14ClNO. The second kappa shape index (κ2) is 5.23. The minimum Gasteiger partial charge on any atom is -0.322 e. The molecule has 0 bridgehead atoms. The standard InChI is InChI=1S/C15H14ClNO/c1-10-5-3-8-14(11(10)2)17-15(18)12-6-4-7-13(16)9-12/h3-9H,1-2H3,(H,17,18). The number of carbonyl (C=O) groups excluding carboxylic acids is 1. The van der Waals surface area contributed by atoms with Crippen molar-refractivity contribution < 1.29 is 4.79 Å². The van der Waals surface area contributed by atoms with E-state index in [0.29, 0.717) is 10.6 Å². The summed E-state index contributed by atoms with van der Waals surface area (Å²) >= 11 is 5.87. The molecule has 0 aromatic heterocycles. The summed E-state index contributed by atoms with van der Waals surface area (Å²) in [5.74, 6) is -0.147. The van der Waals surface area contributed by atoms with E-state index in [2.05, 4.69) is 5.32 Å². The van der Waals surface area contributed by atoms with Gasteiger partial charge in [0.25, 0.3) is 5.91 Å². The maximum absolute atomic E-state index is 12.1. The Balaban J connectivity index is 2.24. The molecule has 2 aromatic rings. The molecule has 2 aromatic carbocycles. The molecule has 0 aliphatic heterocycles. The van der Waals surface area contributed by atoms with Gasteiger partial charge in [-0.25, -0.2) is 0 Å². The summed E-state index contributed by atoms with van der Waals surface area (Å²) in [6.07, 6.45) is 0. The molecule has 0 fully saturated rings. The van der Waals surface area contributed by atoms with Crippen LogP contribution < -0.4 is 5.32 Å². The summed E-state index contributed by atoms with van der Waals surface area (Å²) in [5.41, 5.74) is 3.62. The fraction of sp³-hybridized carbons (Fsp3) is 0.133. The number of hydrogen-bond acceptors (Lipinski definition) is 1. The summed E-state index contributed by atoms with van der Waals surface area (Å²) in [7, 11) is 0. The van der Waals surface area contributed by atoms with Crippen LogP contribution in [0.25, 0.3) is 0 Å². The van der Waals surface area contributed by atoms with Crippen LogP contribution in [0.1, 0.15) is 21.5 Å². The first-order valence-electron chi connectivity index (χ1n) is 5.71. The van der Waals surface area contributed by atoms with Gasteiger partial charge in [-0.1, -0.05) is 29.8 Å². The van der Waals surface area contributed by atoms with Gasteiger partial charge in [-0.15, -0.1) is 0 Å². The molecule has 0 aliphatic carbocycles. The van der Waals surface area contributed by atoms with Crippen molar-refractivity contribution in [2.24, 2.45) is 0 Å². The Morgan fingerprint density at radius 1 is 1.11 bits per heavy atom. The molecule has 0 radical (unpaired) electrons. The van der Waals surface area contributed by atoms with Gasteiger partial charge >= 0.3 is 0 Å². The van der Waals surface area contributed by atoms with Crippen LogP contribution in [-0.2, 0) is 0 Å². The van der Waals surface area contributed by atoms with Gasteiger partial charge in [-0.3, -0.25) is 4.79 Å². The van der Waals surface area contributed by atoms with E-state index in [-0.39, 0.29) is 5.91 Å². The largest absolute Gasteiger partial charge is 0.322 e. The number of nitrogens with one attached hydrogen (secondary N) is 1. The molecule has 1 N–H and O–H groups in total. The highest BCUT2D eigenvalue weighted by atomic mass is 35.5. The first-order valence-corrected chi connectivity index (χ1v) is 6.09. The summed E-state index contributed by atoms with van der Waals surface area (Å²) in [6, 6.07) is 12.7. The monoisotopic (exact) mass is 259 g/mol. The van der Waals surface area contributed by atoms with Crippen LogP contribution in [-0.4, -0.2) is 5.91 Å². The average molecular weight is 260 g/mol. The minimum atomic E-state index is -0.147. The predicted molar refractivity (Wildman–Crippen MR) is 75.3 cm³/mol. The highest BCUT2D eigenvalue weighted by Crippen LogP contribution is 2.19. The summed E-state index contributed by atoms with van der Waals surface area (Å²) in [5, 5.41) is 3.46. The molecule has 2 nitrogen and oxygen atoms in total. The lowest BCUT2D eigenvalue weighted by Crippen LogP contribution is -2.12. The highest BCUT2D eigenvalue weighted by molar-refractivity contribution is 6.31. The second-order valence-corrected chi connectivity index (χ2v) is 4.65. The van der Waals surface area contributed by atoms with Gasteiger partial charge in [-0.05, 0) is 49.2 Å². The molecule has 18 heavy (non-hydrogen) atoms. The van der Waals surface area contributed by atoms with Gasteiger partial charge in [0.05, 0.1) is 0 Å². The molecule has 0 heterocycles. The summed E-state index contributed by atoms with van der Waals surface area (Å²) in [6.45, 7) is 4.01. The molecule has 0 aliphatic rings. The molecule has 2 rings (SSSR count). The van der Waals surface area contributed by atoms with Crippen molar-refractivity contribution >= 4 is 23.2 Å². The topological polar surface area (TPSA) is 29.1 Å². The maximum atomic E-state index is 12.1. The van der Waals surface area contributed by atoms with Crippen molar-refractivity contribution in [2.45, 2.75) is 13.8 Å². The first-order chi connectivity index (χ1) is 8.58. The van der Waals surface area contributed by atoms with Crippen molar-refractivity contribution in [1.82, 2.24) is 0 Å². The molecule has 3 heteroatoms. The lowest BCUT2D eigenvalue weighted by atomic mass is 10.1. The minimum absolute atomic E-state index is 0.147. The fourth-order valence-corrected chi connectivity index (χ4v) is 1.90. The SMILES string of the molecule is Cc1cccc(NC(=O)c2cccc(Cl)c2)c1C.